The predicted octanol–water partition coefficient (Wildman–Crippen LogP) is 10.6. The number of fused-ring (bicyclic) bond motifs is 2. The second-order valence-corrected chi connectivity index (χ2v) is 19.2. The fourth-order valence-corrected chi connectivity index (χ4v) is 18.7. The number of benzene rings is 6. The first-order chi connectivity index (χ1) is 24.7. The van der Waals surface area contributed by atoms with E-state index in [-0.39, 0.29) is 0 Å². The topological polar surface area (TPSA) is 91.2 Å². The van der Waals surface area contributed by atoms with Gasteiger partial charge in [0.2, 0.25) is 0 Å². The Balaban J connectivity index is 1.53. The van der Waals surface area contributed by atoms with Crippen molar-refractivity contribution in [3.63, 3.8) is 0 Å². The highest BCUT2D eigenvalue weighted by Gasteiger charge is 2.45. The second-order valence-electron chi connectivity index (χ2n) is 11.5. The molecule has 8 aromatic rings. The van der Waals surface area contributed by atoms with E-state index in [2.05, 4.69) is 24.3 Å². The van der Waals surface area contributed by atoms with Crippen LogP contribution in [-0.4, -0.2) is 18.6 Å². The van der Waals surface area contributed by atoms with Crippen LogP contribution in [-0.2, 0) is 0 Å². The molecule has 244 valence electrons. The van der Waals surface area contributed by atoms with Crippen molar-refractivity contribution in [3.8, 4) is 11.5 Å². The van der Waals surface area contributed by atoms with E-state index in [1.54, 1.807) is 12.7 Å². The van der Waals surface area contributed by atoms with Crippen LogP contribution in [0.1, 0.15) is 0 Å². The van der Waals surface area contributed by atoms with Crippen LogP contribution in [0, 0.1) is 0 Å². The maximum absolute atomic E-state index is 7.28. The number of rotatable bonds is 8. The van der Waals surface area contributed by atoms with Gasteiger partial charge in [-0.3, -0.25) is 0 Å². The van der Waals surface area contributed by atoms with Gasteiger partial charge >= 0.3 is 15.2 Å². The van der Waals surface area contributed by atoms with Gasteiger partial charge < -0.3 is 9.05 Å². The third kappa shape index (κ3) is 5.23. The molecule has 9 rings (SSSR count). The first-order valence-corrected chi connectivity index (χ1v) is 20.9. The lowest BCUT2D eigenvalue weighted by molar-refractivity contribution is 0.581. The molecule has 12 heteroatoms. The number of imidazole rings is 2. The molecule has 1 aliphatic rings. The average molecular weight is 710 g/mol. The van der Waals surface area contributed by atoms with Crippen molar-refractivity contribution in [3.05, 3.63) is 183 Å². The van der Waals surface area contributed by atoms with Crippen LogP contribution in [0.4, 0.5) is 0 Å². The minimum Gasteiger partial charge on any atom is -0.426 e. The Morgan fingerprint density at radius 3 is 1.22 bits per heavy atom. The normalized spacial score (nSPS) is 19.6. The van der Waals surface area contributed by atoms with Gasteiger partial charge in [0.25, 0.3) is 0 Å². The molecular weight excluding hydrogens is 679 g/mol. The molecule has 0 aliphatic carbocycles. The first kappa shape index (κ1) is 30.6. The molecule has 6 aromatic carbocycles. The minimum atomic E-state index is -3.56. The summed E-state index contributed by atoms with van der Waals surface area (Å²) in [5, 5.41) is 1.91. The molecule has 0 spiro atoms. The van der Waals surface area contributed by atoms with Crippen LogP contribution in [0.2, 0.25) is 0 Å². The lowest BCUT2D eigenvalue weighted by Crippen LogP contribution is -2.19. The lowest BCUT2D eigenvalue weighted by Gasteiger charge is -2.36. The third-order valence-electron chi connectivity index (χ3n) is 8.33. The molecule has 0 N–H and O–H groups in total. The van der Waals surface area contributed by atoms with Crippen molar-refractivity contribution in [1.29, 1.82) is 0 Å². The summed E-state index contributed by atoms with van der Waals surface area (Å²) in [6.07, 6.45) is 3.60. The van der Waals surface area contributed by atoms with Gasteiger partial charge in [0.05, 0.1) is 22.1 Å². The Morgan fingerprint density at radius 2 is 0.760 bits per heavy atom. The van der Waals surface area contributed by atoms with Crippen LogP contribution in [0.15, 0.2) is 196 Å². The van der Waals surface area contributed by atoms with E-state index in [1.165, 1.54) is 0 Å². The standard InChI is InChI=1S/C38H30N7O2P3/c1-5-17-31(18-6-1)46-49(44-29-39-35-25-13-15-27-37(35)44)41-48(33-21-9-3-10-22-33,34-23-11-4-12-24-34)42-50(43-49,47-32-19-7-2-8-20-32)45-30-40-36-26-14-16-28-38(36)45/h1-30H/t49-,50-/m1/s1. The molecule has 50 heavy (non-hydrogen) atoms. The Morgan fingerprint density at radius 1 is 0.380 bits per heavy atom. The van der Waals surface area contributed by atoms with Crippen molar-refractivity contribution in [2.45, 2.75) is 0 Å². The van der Waals surface area contributed by atoms with Gasteiger partial charge in [-0.05, 0) is 48.5 Å². The number of nitrogens with zero attached hydrogens (tertiary/aromatic N) is 7. The van der Waals surface area contributed by atoms with Crippen LogP contribution in [0.5, 0.6) is 11.5 Å². The van der Waals surface area contributed by atoms with Gasteiger partial charge in [0.15, 0.2) is 0 Å². The molecule has 9 nitrogen and oxygen atoms in total. The molecular formula is C38H30N7O2P3. The quantitative estimate of drug-likeness (QED) is 0.147. The van der Waals surface area contributed by atoms with Crippen molar-refractivity contribution in [2.75, 3.05) is 0 Å². The highest BCUT2D eigenvalue weighted by molar-refractivity contribution is 7.91. The molecule has 0 radical (unpaired) electrons. The van der Waals surface area contributed by atoms with Gasteiger partial charge in [-0.1, -0.05) is 121 Å². The fraction of sp³-hybridized carbons (Fsp3) is 0. The Kier molecular flexibility index (Phi) is 7.62. The molecule has 0 bridgehead atoms. The Hall–Kier alpha value is -5.45. The average Bonchev–Trinajstić information content (AvgIpc) is 3.82. The smallest absolute Gasteiger partial charge is 0.366 e. The molecule has 0 amide bonds. The van der Waals surface area contributed by atoms with Gasteiger partial charge in [-0.2, -0.15) is 9.03 Å². The minimum absolute atomic E-state index is 0.625. The molecule has 0 unspecified atom stereocenters. The van der Waals surface area contributed by atoms with Gasteiger partial charge in [-0.25, -0.2) is 18.6 Å². The van der Waals surface area contributed by atoms with Gasteiger partial charge in [0, 0.05) is 10.6 Å². The van der Waals surface area contributed by atoms with E-state index in [0.717, 1.165) is 32.7 Å². The van der Waals surface area contributed by atoms with E-state index in [4.69, 9.17) is 32.6 Å². The third-order valence-corrected chi connectivity index (χ3v) is 18.8. The van der Waals surface area contributed by atoms with Crippen LogP contribution >= 0.6 is 22.4 Å². The highest BCUT2D eigenvalue weighted by Crippen LogP contribution is 2.78. The predicted molar refractivity (Wildman–Crippen MR) is 205 cm³/mol. The zero-order chi connectivity index (χ0) is 33.4. The number of hydrogen-bond acceptors (Lipinski definition) is 7. The van der Waals surface area contributed by atoms with E-state index < -0.39 is 22.4 Å². The summed E-state index contributed by atoms with van der Waals surface area (Å²) < 4.78 is 36.2. The largest absolute Gasteiger partial charge is 0.426 e. The summed E-state index contributed by atoms with van der Waals surface area (Å²) in [6, 6.07) is 56.1. The van der Waals surface area contributed by atoms with Crippen molar-refractivity contribution >= 4 is 55.0 Å². The van der Waals surface area contributed by atoms with E-state index >= 15 is 0 Å². The summed E-state index contributed by atoms with van der Waals surface area (Å²) in [6.45, 7) is 0. The maximum atomic E-state index is 7.28. The molecule has 2 atom stereocenters. The summed E-state index contributed by atoms with van der Waals surface area (Å²) in [4.78, 5) is 9.69. The summed E-state index contributed by atoms with van der Waals surface area (Å²) in [7, 11) is -10.3. The SMILES string of the molecule is c1ccc(O[P@]2(n3cnc4ccccc43)=NP(c3ccccc3)(c3ccccc3)=N[P@](Oc3ccccc3)(n3cnc4ccccc43)=N2)cc1. The zero-order valence-corrected chi connectivity index (χ0v) is 29.3. The molecule has 3 heterocycles. The van der Waals surface area contributed by atoms with E-state index in [1.807, 2.05) is 154 Å². The maximum Gasteiger partial charge on any atom is 0.366 e. The van der Waals surface area contributed by atoms with Gasteiger partial charge in [-0.15, -0.1) is 4.52 Å². The molecule has 1 aliphatic heterocycles. The van der Waals surface area contributed by atoms with Crippen molar-refractivity contribution < 1.29 is 9.05 Å². The van der Waals surface area contributed by atoms with E-state index in [9.17, 15) is 0 Å². The highest BCUT2D eigenvalue weighted by atomic mass is 31.3. The summed E-state index contributed by atoms with van der Waals surface area (Å²) >= 11 is 0. The van der Waals surface area contributed by atoms with Crippen LogP contribution in [0.25, 0.3) is 22.1 Å². The summed E-state index contributed by atoms with van der Waals surface area (Å²) in [5.74, 6) is 1.25. The summed E-state index contributed by atoms with van der Waals surface area (Å²) in [5.41, 5.74) is 3.30. The zero-order valence-electron chi connectivity index (χ0n) is 26.6. The van der Waals surface area contributed by atoms with E-state index in [0.29, 0.717) is 11.5 Å². The molecule has 0 saturated heterocycles. The Bertz CT molecular complexity index is 2480. The molecule has 0 saturated carbocycles. The van der Waals surface area contributed by atoms with Crippen LogP contribution < -0.4 is 19.7 Å². The van der Waals surface area contributed by atoms with Crippen molar-refractivity contribution in [1.82, 2.24) is 18.6 Å². The fourth-order valence-electron chi connectivity index (χ4n) is 6.06. The first-order valence-electron chi connectivity index (χ1n) is 16.0. The van der Waals surface area contributed by atoms with Crippen molar-refractivity contribution in [2.24, 2.45) is 13.5 Å². The second kappa shape index (κ2) is 12.5. The monoisotopic (exact) mass is 709 g/mol. The molecule has 2 aromatic heterocycles. The molecule has 0 fully saturated rings. The van der Waals surface area contributed by atoms with Gasteiger partial charge in [0.1, 0.15) is 31.4 Å². The number of hydrogen-bond donors (Lipinski definition) is 0. The Labute approximate surface area is 289 Å². The number of aromatic nitrogens is 4. The number of para-hydroxylation sites is 6. The van der Waals surface area contributed by atoms with Crippen LogP contribution in [0.3, 0.4) is 0 Å². The lowest BCUT2D eigenvalue weighted by atomic mass is 10.3.